The van der Waals surface area contributed by atoms with Gasteiger partial charge in [0.25, 0.3) is 0 Å². The van der Waals surface area contributed by atoms with Crippen molar-refractivity contribution in [2.75, 3.05) is 6.54 Å². The van der Waals surface area contributed by atoms with Crippen molar-refractivity contribution in [2.45, 2.75) is 62.3 Å². The Hall–Kier alpha value is -2.36. The minimum Gasteiger partial charge on any atom is -0.337 e. The lowest BCUT2D eigenvalue weighted by Crippen LogP contribution is -2.32. The number of nitrogens with zero attached hydrogens (tertiary/aromatic N) is 3. The van der Waals surface area contributed by atoms with Crippen LogP contribution in [0.5, 0.6) is 0 Å². The van der Waals surface area contributed by atoms with Gasteiger partial charge in [-0.2, -0.15) is 13.2 Å². The SMILES string of the molecule is CCN(Cc1cnc(S(=O)(=O)Cc2cccc(C(F)(F)F)c2)n1C1CC1)C(=O)C1CC1. The van der Waals surface area contributed by atoms with Gasteiger partial charge in [-0.05, 0) is 44.2 Å². The number of alkyl halides is 3. The van der Waals surface area contributed by atoms with Crippen LogP contribution in [0.2, 0.25) is 0 Å². The maximum Gasteiger partial charge on any atom is 0.416 e. The molecule has 1 aromatic carbocycles. The number of rotatable bonds is 8. The van der Waals surface area contributed by atoms with Crippen LogP contribution in [0.3, 0.4) is 0 Å². The van der Waals surface area contributed by atoms with E-state index in [0.717, 1.165) is 37.8 Å². The van der Waals surface area contributed by atoms with Crippen LogP contribution in [0.4, 0.5) is 13.2 Å². The molecule has 0 spiro atoms. The number of carbonyl (C=O) groups is 1. The van der Waals surface area contributed by atoms with Crippen molar-refractivity contribution in [3.05, 3.63) is 47.3 Å². The zero-order valence-corrected chi connectivity index (χ0v) is 17.9. The summed E-state index contributed by atoms with van der Waals surface area (Å²) in [7, 11) is -3.98. The van der Waals surface area contributed by atoms with Crippen LogP contribution in [0.15, 0.2) is 35.6 Å². The predicted molar refractivity (Wildman–Crippen MR) is 107 cm³/mol. The van der Waals surface area contributed by atoms with Crippen LogP contribution in [0, 0.1) is 5.92 Å². The first-order valence-corrected chi connectivity index (χ1v) is 12.0. The fourth-order valence-electron chi connectivity index (χ4n) is 3.70. The second-order valence-electron chi connectivity index (χ2n) is 8.22. The Morgan fingerprint density at radius 2 is 1.94 bits per heavy atom. The lowest BCUT2D eigenvalue weighted by Gasteiger charge is -2.22. The summed E-state index contributed by atoms with van der Waals surface area (Å²) in [5.74, 6) is -0.445. The Kier molecular flexibility index (Phi) is 5.61. The molecule has 0 unspecified atom stereocenters. The highest BCUT2D eigenvalue weighted by Crippen LogP contribution is 2.39. The highest BCUT2D eigenvalue weighted by atomic mass is 32.2. The van der Waals surface area contributed by atoms with E-state index in [-0.39, 0.29) is 35.1 Å². The monoisotopic (exact) mass is 455 g/mol. The molecule has 4 rings (SSSR count). The molecule has 2 aromatic rings. The van der Waals surface area contributed by atoms with Crippen LogP contribution in [-0.2, 0) is 33.1 Å². The minimum atomic E-state index is -4.54. The average molecular weight is 456 g/mol. The van der Waals surface area contributed by atoms with E-state index in [1.54, 1.807) is 9.47 Å². The number of amides is 1. The Balaban J connectivity index is 1.61. The molecule has 2 fully saturated rings. The molecule has 0 bridgehead atoms. The molecule has 2 aliphatic carbocycles. The topological polar surface area (TPSA) is 72.3 Å². The molecule has 2 aliphatic rings. The summed E-state index contributed by atoms with van der Waals surface area (Å²) in [6.07, 6.45) is 0.301. The first kappa shape index (κ1) is 21.9. The van der Waals surface area contributed by atoms with Gasteiger partial charge < -0.3 is 9.47 Å². The molecule has 0 atom stereocenters. The van der Waals surface area contributed by atoms with Gasteiger partial charge in [0.1, 0.15) is 0 Å². The third-order valence-electron chi connectivity index (χ3n) is 5.61. The van der Waals surface area contributed by atoms with Crippen LogP contribution >= 0.6 is 0 Å². The Morgan fingerprint density at radius 1 is 1.23 bits per heavy atom. The van der Waals surface area contributed by atoms with Gasteiger partial charge in [-0.25, -0.2) is 13.4 Å². The fraction of sp³-hybridized carbons (Fsp3) is 0.524. The molecule has 6 nitrogen and oxygen atoms in total. The van der Waals surface area contributed by atoms with Gasteiger partial charge in [0, 0.05) is 18.5 Å². The summed E-state index contributed by atoms with van der Waals surface area (Å²) >= 11 is 0. The van der Waals surface area contributed by atoms with E-state index in [2.05, 4.69) is 4.98 Å². The smallest absolute Gasteiger partial charge is 0.337 e. The normalized spacial score (nSPS) is 17.0. The Labute approximate surface area is 179 Å². The van der Waals surface area contributed by atoms with E-state index in [1.807, 2.05) is 6.92 Å². The third-order valence-corrected chi connectivity index (χ3v) is 7.19. The molecule has 1 heterocycles. The van der Waals surface area contributed by atoms with E-state index in [4.69, 9.17) is 0 Å². The van der Waals surface area contributed by atoms with Gasteiger partial charge in [0.05, 0.1) is 29.8 Å². The maximum absolute atomic E-state index is 13.1. The van der Waals surface area contributed by atoms with Crippen molar-refractivity contribution in [2.24, 2.45) is 5.92 Å². The van der Waals surface area contributed by atoms with Crippen molar-refractivity contribution < 1.29 is 26.4 Å². The van der Waals surface area contributed by atoms with Crippen molar-refractivity contribution >= 4 is 15.7 Å². The van der Waals surface area contributed by atoms with E-state index in [0.29, 0.717) is 12.2 Å². The van der Waals surface area contributed by atoms with Crippen LogP contribution in [0.1, 0.15) is 55.5 Å². The number of carbonyl (C=O) groups excluding carboxylic acids is 1. The molecular formula is C21H24F3N3O3S. The number of benzene rings is 1. The van der Waals surface area contributed by atoms with Gasteiger partial charge >= 0.3 is 6.18 Å². The van der Waals surface area contributed by atoms with E-state index >= 15 is 0 Å². The standard InChI is InChI=1S/C21H24F3N3O3S/c1-2-26(19(28)15-6-7-15)12-18-11-25-20(27(18)17-8-9-17)31(29,30)13-14-4-3-5-16(10-14)21(22,23)24/h3-5,10-11,15,17H,2,6-9,12-13H2,1H3. The highest BCUT2D eigenvalue weighted by molar-refractivity contribution is 7.90. The van der Waals surface area contributed by atoms with Gasteiger partial charge in [0.15, 0.2) is 0 Å². The second-order valence-corrected chi connectivity index (χ2v) is 10.1. The third kappa shape index (κ3) is 4.78. The summed E-state index contributed by atoms with van der Waals surface area (Å²) < 4.78 is 66.8. The summed E-state index contributed by atoms with van der Waals surface area (Å²) in [5, 5.41) is -0.141. The largest absolute Gasteiger partial charge is 0.416 e. The summed E-state index contributed by atoms with van der Waals surface area (Å²) in [6.45, 7) is 2.66. The summed E-state index contributed by atoms with van der Waals surface area (Å²) in [4.78, 5) is 18.3. The molecule has 0 saturated heterocycles. The minimum absolute atomic E-state index is 0.0153. The quantitative estimate of drug-likeness (QED) is 0.604. The van der Waals surface area contributed by atoms with Gasteiger partial charge in [-0.1, -0.05) is 18.2 Å². The van der Waals surface area contributed by atoms with Crippen molar-refractivity contribution in [3.8, 4) is 0 Å². The molecule has 31 heavy (non-hydrogen) atoms. The van der Waals surface area contributed by atoms with Crippen LogP contribution in [0.25, 0.3) is 0 Å². The number of halogens is 3. The number of sulfone groups is 1. The number of hydrogen-bond acceptors (Lipinski definition) is 4. The molecule has 10 heteroatoms. The number of aromatic nitrogens is 2. The average Bonchev–Trinajstić information content (AvgIpc) is 3.62. The first-order chi connectivity index (χ1) is 14.6. The predicted octanol–water partition coefficient (Wildman–Crippen LogP) is 3.97. The molecule has 168 valence electrons. The molecule has 0 aliphatic heterocycles. The molecule has 2 saturated carbocycles. The van der Waals surface area contributed by atoms with Crippen molar-refractivity contribution in [3.63, 3.8) is 0 Å². The van der Waals surface area contributed by atoms with Crippen LogP contribution in [-0.4, -0.2) is 35.3 Å². The molecule has 0 N–H and O–H groups in total. The van der Waals surface area contributed by atoms with Gasteiger partial charge in [-0.15, -0.1) is 0 Å². The number of imidazole rings is 1. The van der Waals surface area contributed by atoms with Crippen LogP contribution < -0.4 is 0 Å². The highest BCUT2D eigenvalue weighted by Gasteiger charge is 2.37. The maximum atomic E-state index is 13.1. The van der Waals surface area contributed by atoms with E-state index < -0.39 is 27.3 Å². The van der Waals surface area contributed by atoms with Gasteiger partial charge in [-0.3, -0.25) is 4.79 Å². The number of hydrogen-bond donors (Lipinski definition) is 0. The summed E-state index contributed by atoms with van der Waals surface area (Å²) in [5.41, 5.74) is -0.189. The van der Waals surface area contributed by atoms with Crippen molar-refractivity contribution in [1.29, 1.82) is 0 Å². The fourth-order valence-corrected chi connectivity index (χ4v) is 5.23. The van der Waals surface area contributed by atoms with Gasteiger partial charge in [0.2, 0.25) is 20.9 Å². The summed E-state index contributed by atoms with van der Waals surface area (Å²) in [6, 6.07) is 4.32. The zero-order valence-electron chi connectivity index (χ0n) is 17.1. The lowest BCUT2D eigenvalue weighted by atomic mass is 10.1. The Morgan fingerprint density at radius 3 is 2.52 bits per heavy atom. The Bertz CT molecular complexity index is 1090. The van der Waals surface area contributed by atoms with E-state index in [9.17, 15) is 26.4 Å². The lowest BCUT2D eigenvalue weighted by molar-refractivity contribution is -0.137. The first-order valence-electron chi connectivity index (χ1n) is 10.3. The molecule has 1 amide bonds. The molecular weight excluding hydrogens is 431 g/mol. The zero-order chi connectivity index (χ0) is 22.4. The van der Waals surface area contributed by atoms with Crippen molar-refractivity contribution in [1.82, 2.24) is 14.5 Å². The molecule has 0 radical (unpaired) electrons. The second kappa shape index (κ2) is 7.96. The molecule has 1 aromatic heterocycles. The van der Waals surface area contributed by atoms with E-state index in [1.165, 1.54) is 18.3 Å².